The van der Waals surface area contributed by atoms with Gasteiger partial charge in [0.1, 0.15) is 11.3 Å². The van der Waals surface area contributed by atoms with Crippen LogP contribution in [0.1, 0.15) is 36.0 Å². The highest BCUT2D eigenvalue weighted by atomic mass is 16.4. The Kier molecular flexibility index (Phi) is 4.11. The van der Waals surface area contributed by atoms with E-state index in [2.05, 4.69) is 0 Å². The molecule has 1 N–H and O–H groups in total. The molecule has 3 rings (SSSR count). The van der Waals surface area contributed by atoms with Gasteiger partial charge in [0.2, 0.25) is 5.91 Å². The van der Waals surface area contributed by atoms with Crippen LogP contribution in [0.25, 0.3) is 11.0 Å². The van der Waals surface area contributed by atoms with Gasteiger partial charge in [-0.2, -0.15) is 0 Å². The van der Waals surface area contributed by atoms with Crippen molar-refractivity contribution in [3.8, 4) is 5.75 Å². The lowest BCUT2D eigenvalue weighted by Gasteiger charge is -2.15. The van der Waals surface area contributed by atoms with Crippen molar-refractivity contribution in [2.75, 3.05) is 13.1 Å². The maximum atomic E-state index is 12.3. The van der Waals surface area contributed by atoms with Crippen LogP contribution >= 0.6 is 0 Å². The zero-order valence-electron chi connectivity index (χ0n) is 13.5. The first-order valence-electron chi connectivity index (χ1n) is 8.01. The number of amides is 1. The SMILES string of the molecule is Cc1c(CCC(=O)N2CCCC2)c(=O)oc2c(C)c(O)ccc12. The van der Waals surface area contributed by atoms with Crippen molar-refractivity contribution in [3.05, 3.63) is 39.2 Å². The fourth-order valence-electron chi connectivity index (χ4n) is 3.22. The zero-order valence-corrected chi connectivity index (χ0v) is 13.5. The highest BCUT2D eigenvalue weighted by molar-refractivity contribution is 5.85. The molecule has 5 heteroatoms. The van der Waals surface area contributed by atoms with Gasteiger partial charge in [0, 0.05) is 36.0 Å². The molecule has 0 atom stereocenters. The maximum Gasteiger partial charge on any atom is 0.339 e. The zero-order chi connectivity index (χ0) is 16.6. The van der Waals surface area contributed by atoms with Gasteiger partial charge in [0.25, 0.3) is 0 Å². The lowest BCUT2D eigenvalue weighted by Crippen LogP contribution is -2.28. The Hall–Kier alpha value is -2.30. The van der Waals surface area contributed by atoms with Crippen molar-refractivity contribution in [2.24, 2.45) is 0 Å². The normalized spacial score (nSPS) is 14.6. The van der Waals surface area contributed by atoms with Gasteiger partial charge in [-0.25, -0.2) is 4.79 Å². The second-order valence-corrected chi connectivity index (χ2v) is 6.17. The predicted molar refractivity (Wildman–Crippen MR) is 87.8 cm³/mol. The number of hydrogen-bond donors (Lipinski definition) is 1. The van der Waals surface area contributed by atoms with E-state index in [1.807, 2.05) is 11.8 Å². The van der Waals surface area contributed by atoms with Crippen LogP contribution in [0, 0.1) is 13.8 Å². The molecule has 0 spiro atoms. The van der Waals surface area contributed by atoms with Gasteiger partial charge in [0.05, 0.1) is 0 Å². The van der Waals surface area contributed by atoms with Gasteiger partial charge >= 0.3 is 5.63 Å². The van der Waals surface area contributed by atoms with Crippen LogP contribution < -0.4 is 5.63 Å². The molecule has 0 radical (unpaired) electrons. The minimum Gasteiger partial charge on any atom is -0.508 e. The van der Waals surface area contributed by atoms with Crippen molar-refractivity contribution in [1.82, 2.24) is 4.90 Å². The molecule has 23 heavy (non-hydrogen) atoms. The standard InChI is InChI=1S/C18H21NO4/c1-11-13-5-7-15(20)12(2)17(13)23-18(22)14(11)6-8-16(21)19-9-3-4-10-19/h5,7,20H,3-4,6,8-10H2,1-2H3. The molecule has 1 aromatic carbocycles. The molecular weight excluding hydrogens is 294 g/mol. The second-order valence-electron chi connectivity index (χ2n) is 6.17. The summed E-state index contributed by atoms with van der Waals surface area (Å²) in [7, 11) is 0. The Morgan fingerprint density at radius 1 is 1.22 bits per heavy atom. The number of aromatic hydroxyl groups is 1. The summed E-state index contributed by atoms with van der Waals surface area (Å²) in [5.74, 6) is 0.209. The topological polar surface area (TPSA) is 70.8 Å². The summed E-state index contributed by atoms with van der Waals surface area (Å²) < 4.78 is 5.40. The van der Waals surface area contributed by atoms with E-state index < -0.39 is 5.63 Å². The third-order valence-corrected chi connectivity index (χ3v) is 4.72. The summed E-state index contributed by atoms with van der Waals surface area (Å²) in [6.07, 6.45) is 2.84. The molecule has 0 bridgehead atoms. The van der Waals surface area contributed by atoms with Crippen molar-refractivity contribution in [2.45, 2.75) is 39.5 Å². The van der Waals surface area contributed by atoms with Crippen molar-refractivity contribution in [1.29, 1.82) is 0 Å². The Balaban J connectivity index is 1.90. The third kappa shape index (κ3) is 2.83. The lowest BCUT2D eigenvalue weighted by atomic mass is 10.00. The molecule has 1 aliphatic rings. The summed E-state index contributed by atoms with van der Waals surface area (Å²) in [5, 5.41) is 10.6. The number of fused-ring (bicyclic) bond motifs is 1. The van der Waals surface area contributed by atoms with Crippen LogP contribution in [0.15, 0.2) is 21.3 Å². The maximum absolute atomic E-state index is 12.3. The third-order valence-electron chi connectivity index (χ3n) is 4.72. The Morgan fingerprint density at radius 2 is 1.91 bits per heavy atom. The number of phenolic OH excluding ortho intramolecular Hbond substituents is 1. The van der Waals surface area contributed by atoms with E-state index in [0.29, 0.717) is 29.6 Å². The number of aryl methyl sites for hydroxylation is 2. The lowest BCUT2D eigenvalue weighted by molar-refractivity contribution is -0.130. The molecular formula is C18H21NO4. The van der Waals surface area contributed by atoms with Crippen LogP contribution in [0.3, 0.4) is 0 Å². The molecule has 1 fully saturated rings. The largest absolute Gasteiger partial charge is 0.508 e. The number of rotatable bonds is 3. The summed E-state index contributed by atoms with van der Waals surface area (Å²) in [6.45, 7) is 5.23. The Labute approximate surface area is 134 Å². The molecule has 2 heterocycles. The van der Waals surface area contributed by atoms with Gasteiger partial charge in [-0.05, 0) is 50.8 Å². The first kappa shape index (κ1) is 15.6. The van der Waals surface area contributed by atoms with Crippen molar-refractivity contribution in [3.63, 3.8) is 0 Å². The van der Waals surface area contributed by atoms with E-state index in [1.165, 1.54) is 0 Å². The van der Waals surface area contributed by atoms with Crippen molar-refractivity contribution >= 4 is 16.9 Å². The molecule has 0 unspecified atom stereocenters. The number of benzene rings is 1. The smallest absolute Gasteiger partial charge is 0.339 e. The minimum atomic E-state index is -0.419. The first-order valence-corrected chi connectivity index (χ1v) is 8.01. The van der Waals surface area contributed by atoms with Crippen molar-refractivity contribution < 1.29 is 14.3 Å². The fourth-order valence-corrected chi connectivity index (χ4v) is 3.22. The summed E-state index contributed by atoms with van der Waals surface area (Å²) in [4.78, 5) is 26.3. The van der Waals surface area contributed by atoms with Crippen LogP contribution in [0.4, 0.5) is 0 Å². The number of hydrogen-bond acceptors (Lipinski definition) is 4. The van der Waals surface area contributed by atoms with E-state index in [9.17, 15) is 14.7 Å². The van der Waals surface area contributed by atoms with E-state index >= 15 is 0 Å². The van der Waals surface area contributed by atoms with Gasteiger partial charge in [0.15, 0.2) is 0 Å². The quantitative estimate of drug-likeness (QED) is 0.884. The van der Waals surface area contributed by atoms with Crippen LogP contribution in [-0.2, 0) is 11.2 Å². The highest BCUT2D eigenvalue weighted by Gasteiger charge is 2.20. The Morgan fingerprint density at radius 3 is 2.61 bits per heavy atom. The van der Waals surface area contributed by atoms with E-state index in [-0.39, 0.29) is 11.7 Å². The van der Waals surface area contributed by atoms with Gasteiger partial charge in [-0.15, -0.1) is 0 Å². The van der Waals surface area contributed by atoms with Crippen LogP contribution in [0.2, 0.25) is 0 Å². The van der Waals surface area contributed by atoms with E-state index in [1.54, 1.807) is 19.1 Å². The Bertz CT molecular complexity index is 816. The predicted octanol–water partition coefficient (Wildman–Crippen LogP) is 2.67. The molecule has 1 saturated heterocycles. The first-order chi connectivity index (χ1) is 11.0. The number of carbonyl (C=O) groups excluding carboxylic acids is 1. The molecule has 122 valence electrons. The number of nitrogens with zero attached hydrogens (tertiary/aromatic N) is 1. The monoisotopic (exact) mass is 315 g/mol. The molecule has 1 aromatic heterocycles. The number of carbonyl (C=O) groups is 1. The van der Waals surface area contributed by atoms with E-state index in [0.717, 1.165) is 36.9 Å². The van der Waals surface area contributed by atoms with Gasteiger partial charge < -0.3 is 14.4 Å². The number of likely N-dealkylation sites (tertiary alicyclic amines) is 1. The summed E-state index contributed by atoms with van der Waals surface area (Å²) >= 11 is 0. The molecule has 0 aliphatic carbocycles. The molecule has 1 aliphatic heterocycles. The van der Waals surface area contributed by atoms with E-state index in [4.69, 9.17) is 4.42 Å². The summed E-state index contributed by atoms with van der Waals surface area (Å²) in [5.41, 5.74) is 1.94. The fraction of sp³-hybridized carbons (Fsp3) is 0.444. The average molecular weight is 315 g/mol. The summed E-state index contributed by atoms with van der Waals surface area (Å²) in [6, 6.07) is 3.35. The highest BCUT2D eigenvalue weighted by Crippen LogP contribution is 2.28. The van der Waals surface area contributed by atoms with Crippen LogP contribution in [0.5, 0.6) is 5.75 Å². The number of phenols is 1. The molecule has 0 saturated carbocycles. The molecule has 2 aromatic rings. The minimum absolute atomic E-state index is 0.100. The van der Waals surface area contributed by atoms with Gasteiger partial charge in [-0.1, -0.05) is 0 Å². The van der Waals surface area contributed by atoms with Crippen LogP contribution in [-0.4, -0.2) is 29.0 Å². The molecule has 5 nitrogen and oxygen atoms in total. The second kappa shape index (κ2) is 6.07. The molecule has 1 amide bonds. The van der Waals surface area contributed by atoms with Gasteiger partial charge in [-0.3, -0.25) is 4.79 Å². The average Bonchev–Trinajstić information content (AvgIpc) is 3.05.